The van der Waals surface area contributed by atoms with Gasteiger partial charge < -0.3 is 15.1 Å². The van der Waals surface area contributed by atoms with Crippen molar-refractivity contribution in [1.29, 1.82) is 0 Å². The Morgan fingerprint density at radius 3 is 2.29 bits per heavy atom. The van der Waals surface area contributed by atoms with E-state index in [1.807, 2.05) is 11.0 Å². The zero-order chi connectivity index (χ0) is 13.9. The lowest BCUT2D eigenvalue weighted by Crippen LogP contribution is -2.57. The molecule has 7 heteroatoms. The van der Waals surface area contributed by atoms with E-state index in [2.05, 4.69) is 10.3 Å². The van der Waals surface area contributed by atoms with Gasteiger partial charge in [0.2, 0.25) is 5.91 Å². The highest BCUT2D eigenvalue weighted by molar-refractivity contribution is 5.92. The van der Waals surface area contributed by atoms with E-state index in [1.165, 1.54) is 0 Å². The molecule has 0 saturated carbocycles. The minimum absolute atomic E-state index is 0. The monoisotopic (exact) mass is 310 g/mol. The zero-order valence-corrected chi connectivity index (χ0v) is 12.5. The lowest BCUT2D eigenvalue weighted by atomic mass is 10.0. The highest BCUT2D eigenvalue weighted by Gasteiger charge is 2.32. The van der Waals surface area contributed by atoms with Crippen molar-refractivity contribution in [3.63, 3.8) is 0 Å². The summed E-state index contributed by atoms with van der Waals surface area (Å²) >= 11 is 0. The predicted octanol–water partition coefficient (Wildman–Crippen LogP) is 0.00720. The molecule has 3 rings (SSSR count). The zero-order valence-electron chi connectivity index (χ0n) is 11.7. The lowest BCUT2D eigenvalue weighted by Gasteiger charge is -2.38. The average molecular weight is 311 g/mol. The second-order valence-electron chi connectivity index (χ2n) is 5.19. The fraction of sp³-hybridized carbons (Fsp3) is 0.500. The molecule has 1 N–H and O–H groups in total. The van der Waals surface area contributed by atoms with Crippen LogP contribution in [0.3, 0.4) is 0 Å². The Hall–Kier alpha value is -1.66. The molecule has 0 unspecified atom stereocenters. The third-order valence-electron chi connectivity index (χ3n) is 3.89. The number of aromatic nitrogens is 1. The van der Waals surface area contributed by atoms with E-state index in [1.54, 1.807) is 23.2 Å². The number of rotatable bonds is 2. The van der Waals surface area contributed by atoms with E-state index >= 15 is 0 Å². The molecule has 1 aromatic heterocycles. The van der Waals surface area contributed by atoms with Crippen LogP contribution in [0.25, 0.3) is 0 Å². The van der Waals surface area contributed by atoms with Crippen molar-refractivity contribution >= 4 is 24.2 Å². The number of amides is 2. The van der Waals surface area contributed by atoms with Gasteiger partial charge in [-0.25, -0.2) is 0 Å². The molecule has 0 spiro atoms. The Morgan fingerprint density at radius 1 is 1.10 bits per heavy atom. The van der Waals surface area contributed by atoms with Crippen molar-refractivity contribution in [2.45, 2.75) is 0 Å². The van der Waals surface area contributed by atoms with Crippen LogP contribution in [0, 0.1) is 5.92 Å². The van der Waals surface area contributed by atoms with Crippen molar-refractivity contribution in [2.75, 3.05) is 39.3 Å². The first-order valence-electron chi connectivity index (χ1n) is 6.95. The fourth-order valence-corrected chi connectivity index (χ4v) is 2.50. The molecule has 1 aromatic rings. The Balaban J connectivity index is 0.00000161. The molecule has 2 aliphatic rings. The van der Waals surface area contributed by atoms with Gasteiger partial charge in [-0.1, -0.05) is 6.07 Å². The number of nitrogens with zero attached hydrogens (tertiary/aromatic N) is 3. The normalized spacial score (nSPS) is 18.7. The van der Waals surface area contributed by atoms with Gasteiger partial charge in [-0.05, 0) is 12.1 Å². The Morgan fingerprint density at radius 2 is 1.76 bits per heavy atom. The van der Waals surface area contributed by atoms with Gasteiger partial charge in [0.1, 0.15) is 5.69 Å². The molecular formula is C14H19ClN4O2. The quantitative estimate of drug-likeness (QED) is 0.835. The van der Waals surface area contributed by atoms with Gasteiger partial charge in [0, 0.05) is 45.5 Å². The van der Waals surface area contributed by atoms with Crippen LogP contribution in [-0.4, -0.2) is 65.9 Å². The summed E-state index contributed by atoms with van der Waals surface area (Å²) in [5.74, 6) is 0.296. The molecular weight excluding hydrogens is 292 g/mol. The summed E-state index contributed by atoms with van der Waals surface area (Å²) in [5.41, 5.74) is 0.468. The molecule has 0 bridgehead atoms. The maximum Gasteiger partial charge on any atom is 0.272 e. The van der Waals surface area contributed by atoms with Crippen LogP contribution in [0.15, 0.2) is 24.4 Å². The van der Waals surface area contributed by atoms with Gasteiger partial charge in [-0.2, -0.15) is 0 Å². The maximum absolute atomic E-state index is 12.2. The van der Waals surface area contributed by atoms with E-state index in [-0.39, 0.29) is 30.1 Å². The summed E-state index contributed by atoms with van der Waals surface area (Å²) in [7, 11) is 0. The highest BCUT2D eigenvalue weighted by Crippen LogP contribution is 2.12. The van der Waals surface area contributed by atoms with E-state index < -0.39 is 0 Å². The van der Waals surface area contributed by atoms with Crippen LogP contribution in [0.4, 0.5) is 0 Å². The summed E-state index contributed by atoms with van der Waals surface area (Å²) in [6.45, 7) is 3.97. The first-order valence-corrected chi connectivity index (χ1v) is 6.95. The molecule has 0 aromatic carbocycles. The van der Waals surface area contributed by atoms with Gasteiger partial charge in [0.25, 0.3) is 5.91 Å². The average Bonchev–Trinajstić information content (AvgIpc) is 2.46. The van der Waals surface area contributed by atoms with Gasteiger partial charge in [-0.15, -0.1) is 12.4 Å². The highest BCUT2D eigenvalue weighted by atomic mass is 35.5. The molecule has 0 atom stereocenters. The van der Waals surface area contributed by atoms with Crippen LogP contribution in [0.1, 0.15) is 10.5 Å². The molecule has 6 nitrogen and oxygen atoms in total. The van der Waals surface area contributed by atoms with E-state index in [4.69, 9.17) is 0 Å². The number of carbonyl (C=O) groups excluding carboxylic acids is 2. The number of hydrogen-bond donors (Lipinski definition) is 1. The first kappa shape index (κ1) is 15.7. The van der Waals surface area contributed by atoms with Crippen LogP contribution in [-0.2, 0) is 4.79 Å². The summed E-state index contributed by atoms with van der Waals surface area (Å²) in [6, 6.07) is 5.32. The smallest absolute Gasteiger partial charge is 0.272 e. The third-order valence-corrected chi connectivity index (χ3v) is 3.89. The van der Waals surface area contributed by atoms with Crippen molar-refractivity contribution < 1.29 is 9.59 Å². The van der Waals surface area contributed by atoms with Crippen LogP contribution in [0.5, 0.6) is 0 Å². The third kappa shape index (κ3) is 3.33. The number of pyridine rings is 1. The summed E-state index contributed by atoms with van der Waals surface area (Å²) in [4.78, 5) is 32.0. The van der Waals surface area contributed by atoms with Crippen molar-refractivity contribution in [3.05, 3.63) is 30.1 Å². The molecule has 2 amide bonds. The molecule has 114 valence electrons. The topological polar surface area (TPSA) is 65.5 Å². The van der Waals surface area contributed by atoms with Crippen molar-refractivity contribution in [1.82, 2.24) is 20.1 Å². The van der Waals surface area contributed by atoms with E-state index in [0.29, 0.717) is 31.9 Å². The first-order chi connectivity index (χ1) is 9.75. The van der Waals surface area contributed by atoms with Gasteiger partial charge >= 0.3 is 0 Å². The number of hydrogen-bond acceptors (Lipinski definition) is 4. The molecule has 2 fully saturated rings. The summed E-state index contributed by atoms with van der Waals surface area (Å²) in [6.07, 6.45) is 1.62. The minimum atomic E-state index is -0.0528. The minimum Gasteiger partial charge on any atom is -0.339 e. The number of carbonyl (C=O) groups is 2. The van der Waals surface area contributed by atoms with Crippen LogP contribution < -0.4 is 5.32 Å². The molecule has 0 aliphatic carbocycles. The van der Waals surface area contributed by atoms with Crippen LogP contribution >= 0.6 is 12.4 Å². The molecule has 21 heavy (non-hydrogen) atoms. The largest absolute Gasteiger partial charge is 0.339 e. The standard InChI is InChI=1S/C14H18N4O2.ClH/c19-13(11-9-15-10-11)17-5-7-18(8-6-17)14(20)12-3-1-2-4-16-12;/h1-4,11,15H,5-10H2;1H. The lowest BCUT2D eigenvalue weighted by molar-refractivity contribution is -0.138. The van der Waals surface area contributed by atoms with Crippen molar-refractivity contribution in [3.8, 4) is 0 Å². The number of piperazine rings is 1. The maximum atomic E-state index is 12.2. The van der Waals surface area contributed by atoms with Gasteiger partial charge in [-0.3, -0.25) is 14.6 Å². The number of nitrogens with one attached hydrogen (secondary N) is 1. The summed E-state index contributed by atoms with van der Waals surface area (Å²) in [5, 5.41) is 3.11. The Bertz CT molecular complexity index is 499. The van der Waals surface area contributed by atoms with Crippen LogP contribution in [0.2, 0.25) is 0 Å². The number of halogens is 1. The fourth-order valence-electron chi connectivity index (χ4n) is 2.50. The molecule has 2 saturated heterocycles. The second kappa shape index (κ2) is 6.87. The predicted molar refractivity (Wildman–Crippen MR) is 80.3 cm³/mol. The van der Waals surface area contributed by atoms with E-state index in [0.717, 1.165) is 13.1 Å². The Kier molecular flexibility index (Phi) is 5.14. The second-order valence-corrected chi connectivity index (χ2v) is 5.19. The van der Waals surface area contributed by atoms with E-state index in [9.17, 15) is 9.59 Å². The van der Waals surface area contributed by atoms with Gasteiger partial charge in [0.15, 0.2) is 0 Å². The SMILES string of the molecule is Cl.O=C(c1ccccn1)N1CCN(C(=O)C2CNC2)CC1. The Labute approximate surface area is 129 Å². The van der Waals surface area contributed by atoms with Gasteiger partial charge in [0.05, 0.1) is 5.92 Å². The van der Waals surface area contributed by atoms with Crippen molar-refractivity contribution in [2.24, 2.45) is 5.92 Å². The molecule has 2 aliphatic heterocycles. The molecule has 3 heterocycles. The molecule has 0 radical (unpaired) electrons. The summed E-state index contributed by atoms with van der Waals surface area (Å²) < 4.78 is 0.